The van der Waals surface area contributed by atoms with E-state index < -0.39 is 10.8 Å². The van der Waals surface area contributed by atoms with Gasteiger partial charge in [-0.25, -0.2) is 4.98 Å². The molecule has 0 saturated carbocycles. The normalized spacial score (nSPS) is 14.2. The number of nitro benzene ring substituents is 1. The molecule has 1 aromatic heterocycles. The Bertz CT molecular complexity index is 929. The van der Waals surface area contributed by atoms with Gasteiger partial charge in [-0.1, -0.05) is 0 Å². The molecular formula is C19H22N4O7. The van der Waals surface area contributed by atoms with Crippen molar-refractivity contribution >= 4 is 11.6 Å². The summed E-state index contributed by atoms with van der Waals surface area (Å²) in [4.78, 5) is 33.5. The maximum Gasteiger partial charge on any atom is 0.319 e. The number of rotatable bonds is 7. The zero-order chi connectivity index (χ0) is 21.7. The molecule has 0 aliphatic carbocycles. The highest BCUT2D eigenvalue weighted by atomic mass is 16.6. The summed E-state index contributed by atoms with van der Waals surface area (Å²) in [5.74, 6) is 0.391. The van der Waals surface area contributed by atoms with Crippen LogP contribution < -0.4 is 18.9 Å². The van der Waals surface area contributed by atoms with Crippen molar-refractivity contribution in [2.75, 3.05) is 34.4 Å². The van der Waals surface area contributed by atoms with Crippen molar-refractivity contribution < 1.29 is 28.7 Å². The SMILES string of the molecule is COc1nccc(OC2CCN(C(=O)c3cc(OC)c(OC)cc3[N+](=O)[O-])CC2)n1. The lowest BCUT2D eigenvalue weighted by Gasteiger charge is -2.32. The van der Waals surface area contributed by atoms with Gasteiger partial charge in [-0.05, 0) is 0 Å². The molecule has 0 bridgehead atoms. The summed E-state index contributed by atoms with van der Waals surface area (Å²) in [5, 5.41) is 11.5. The molecule has 1 aliphatic rings. The summed E-state index contributed by atoms with van der Waals surface area (Å²) < 4.78 is 21.1. The van der Waals surface area contributed by atoms with E-state index in [0.29, 0.717) is 31.8 Å². The summed E-state index contributed by atoms with van der Waals surface area (Å²) >= 11 is 0. The number of aromatic nitrogens is 2. The number of nitro groups is 1. The molecule has 0 atom stereocenters. The molecule has 3 rings (SSSR count). The van der Waals surface area contributed by atoms with Crippen molar-refractivity contribution in [3.63, 3.8) is 0 Å². The molecule has 1 aliphatic heterocycles. The minimum absolute atomic E-state index is 0.0439. The van der Waals surface area contributed by atoms with Crippen molar-refractivity contribution in [3.05, 3.63) is 40.1 Å². The van der Waals surface area contributed by atoms with Crippen LogP contribution in [0.3, 0.4) is 0 Å². The first-order valence-electron chi connectivity index (χ1n) is 9.20. The third kappa shape index (κ3) is 4.50. The summed E-state index contributed by atoms with van der Waals surface area (Å²) in [6.45, 7) is 0.772. The van der Waals surface area contributed by atoms with Gasteiger partial charge >= 0.3 is 6.01 Å². The van der Waals surface area contributed by atoms with Gasteiger partial charge in [0.15, 0.2) is 11.5 Å². The number of amides is 1. The maximum atomic E-state index is 13.0. The average molecular weight is 418 g/mol. The Morgan fingerprint density at radius 2 is 1.80 bits per heavy atom. The van der Waals surface area contributed by atoms with E-state index in [1.807, 2.05) is 0 Å². The molecular weight excluding hydrogens is 396 g/mol. The van der Waals surface area contributed by atoms with Gasteiger partial charge in [-0.15, -0.1) is 0 Å². The van der Waals surface area contributed by atoms with Crippen LogP contribution in [0.5, 0.6) is 23.4 Å². The first kappa shape index (κ1) is 21.1. The second kappa shape index (κ2) is 9.25. The number of hydrogen-bond donors (Lipinski definition) is 0. The maximum absolute atomic E-state index is 13.0. The van der Waals surface area contributed by atoms with Crippen molar-refractivity contribution in [3.8, 4) is 23.4 Å². The lowest BCUT2D eigenvalue weighted by molar-refractivity contribution is -0.385. The zero-order valence-electron chi connectivity index (χ0n) is 16.9. The highest BCUT2D eigenvalue weighted by Crippen LogP contribution is 2.35. The van der Waals surface area contributed by atoms with Gasteiger partial charge in [0.05, 0.1) is 32.3 Å². The Kier molecular flexibility index (Phi) is 6.50. The van der Waals surface area contributed by atoms with E-state index in [-0.39, 0.29) is 34.9 Å². The predicted molar refractivity (Wildman–Crippen MR) is 104 cm³/mol. The smallest absolute Gasteiger partial charge is 0.319 e. The van der Waals surface area contributed by atoms with Gasteiger partial charge < -0.3 is 23.8 Å². The molecule has 1 aromatic carbocycles. The number of carbonyl (C=O) groups is 1. The molecule has 160 valence electrons. The molecule has 1 fully saturated rings. The fourth-order valence-corrected chi connectivity index (χ4v) is 3.20. The second-order valence-corrected chi connectivity index (χ2v) is 6.47. The van der Waals surface area contributed by atoms with Crippen molar-refractivity contribution in [1.82, 2.24) is 14.9 Å². The quantitative estimate of drug-likeness (QED) is 0.490. The van der Waals surface area contributed by atoms with Gasteiger partial charge in [-0.2, -0.15) is 4.98 Å². The van der Waals surface area contributed by atoms with Crippen molar-refractivity contribution in [2.24, 2.45) is 0 Å². The Balaban J connectivity index is 1.71. The molecule has 1 saturated heterocycles. The number of methoxy groups -OCH3 is 3. The van der Waals surface area contributed by atoms with E-state index in [0.717, 1.165) is 0 Å². The number of carbonyl (C=O) groups excluding carboxylic acids is 1. The van der Waals surface area contributed by atoms with Gasteiger partial charge in [-0.3, -0.25) is 14.9 Å². The Hall–Kier alpha value is -3.63. The fourth-order valence-electron chi connectivity index (χ4n) is 3.20. The minimum atomic E-state index is -0.604. The largest absolute Gasteiger partial charge is 0.493 e. The lowest BCUT2D eigenvalue weighted by atomic mass is 10.0. The summed E-state index contributed by atoms with van der Waals surface area (Å²) in [5.41, 5.74) is -0.373. The highest BCUT2D eigenvalue weighted by molar-refractivity contribution is 5.99. The van der Waals surface area contributed by atoms with Gasteiger partial charge in [0.2, 0.25) is 5.88 Å². The molecule has 0 N–H and O–H groups in total. The van der Waals surface area contributed by atoms with E-state index in [9.17, 15) is 14.9 Å². The zero-order valence-corrected chi connectivity index (χ0v) is 16.9. The number of piperidine rings is 1. The number of likely N-dealkylation sites (tertiary alicyclic amines) is 1. The average Bonchev–Trinajstić information content (AvgIpc) is 2.78. The molecule has 2 heterocycles. The summed E-state index contributed by atoms with van der Waals surface area (Å²) in [6, 6.07) is 4.38. The van der Waals surface area contributed by atoms with Crippen LogP contribution in [0.1, 0.15) is 23.2 Å². The van der Waals surface area contributed by atoms with E-state index >= 15 is 0 Å². The van der Waals surface area contributed by atoms with E-state index in [1.165, 1.54) is 39.7 Å². The van der Waals surface area contributed by atoms with Crippen LogP contribution in [0, 0.1) is 10.1 Å². The van der Waals surface area contributed by atoms with Crippen LogP contribution in [-0.2, 0) is 0 Å². The van der Waals surface area contributed by atoms with Crippen LogP contribution >= 0.6 is 0 Å². The van der Waals surface area contributed by atoms with Crippen LogP contribution in [-0.4, -0.2) is 66.2 Å². The van der Waals surface area contributed by atoms with E-state index in [2.05, 4.69) is 9.97 Å². The second-order valence-electron chi connectivity index (χ2n) is 6.47. The Labute approximate surface area is 172 Å². The summed E-state index contributed by atoms with van der Waals surface area (Å²) in [7, 11) is 4.25. The Morgan fingerprint density at radius 3 is 2.40 bits per heavy atom. The lowest BCUT2D eigenvalue weighted by Crippen LogP contribution is -2.42. The van der Waals surface area contributed by atoms with E-state index in [1.54, 1.807) is 11.0 Å². The molecule has 11 heteroatoms. The molecule has 0 spiro atoms. The van der Waals surface area contributed by atoms with Crippen LogP contribution in [0.4, 0.5) is 5.69 Å². The van der Waals surface area contributed by atoms with Crippen LogP contribution in [0.25, 0.3) is 0 Å². The predicted octanol–water partition coefficient (Wildman–Crippen LogP) is 2.09. The van der Waals surface area contributed by atoms with Crippen molar-refractivity contribution in [1.29, 1.82) is 0 Å². The monoisotopic (exact) mass is 418 g/mol. The number of hydrogen-bond acceptors (Lipinski definition) is 9. The first-order valence-corrected chi connectivity index (χ1v) is 9.20. The van der Waals surface area contributed by atoms with Gasteiger partial charge in [0, 0.05) is 44.3 Å². The van der Waals surface area contributed by atoms with Gasteiger partial charge in [0.25, 0.3) is 11.6 Å². The van der Waals surface area contributed by atoms with E-state index in [4.69, 9.17) is 18.9 Å². The highest BCUT2D eigenvalue weighted by Gasteiger charge is 2.31. The first-order chi connectivity index (χ1) is 14.5. The number of nitrogens with zero attached hydrogens (tertiary/aromatic N) is 4. The topological polar surface area (TPSA) is 126 Å². The minimum Gasteiger partial charge on any atom is -0.493 e. The van der Waals surface area contributed by atoms with Crippen LogP contribution in [0.2, 0.25) is 0 Å². The fraction of sp³-hybridized carbons (Fsp3) is 0.421. The summed E-state index contributed by atoms with van der Waals surface area (Å²) in [6.07, 6.45) is 2.50. The molecule has 1 amide bonds. The van der Waals surface area contributed by atoms with Crippen LogP contribution in [0.15, 0.2) is 24.4 Å². The molecule has 30 heavy (non-hydrogen) atoms. The number of ether oxygens (including phenoxy) is 4. The van der Waals surface area contributed by atoms with Gasteiger partial charge in [0.1, 0.15) is 11.7 Å². The molecule has 0 unspecified atom stereocenters. The Morgan fingerprint density at radius 1 is 1.13 bits per heavy atom. The third-order valence-electron chi connectivity index (χ3n) is 4.74. The molecule has 2 aromatic rings. The molecule has 0 radical (unpaired) electrons. The number of benzene rings is 1. The third-order valence-corrected chi connectivity index (χ3v) is 4.74. The van der Waals surface area contributed by atoms with Crippen molar-refractivity contribution in [2.45, 2.75) is 18.9 Å². The standard InChI is InChI=1S/C19H22N4O7/c1-27-15-10-13(14(23(25)26)11-16(15)28-2)18(24)22-8-5-12(6-9-22)30-17-4-7-20-19(21-17)29-3/h4,7,10-12H,5-6,8-9H2,1-3H3. The molecule has 11 nitrogen and oxygen atoms in total.